The molecule has 2 aromatic heterocycles. The third kappa shape index (κ3) is 6.34. The topological polar surface area (TPSA) is 67.8 Å². The van der Waals surface area contributed by atoms with Crippen LogP contribution in [0.15, 0.2) is 55.4 Å². The van der Waals surface area contributed by atoms with Gasteiger partial charge in [0.2, 0.25) is 0 Å². The monoisotopic (exact) mass is 508 g/mol. The molecule has 0 atom stereocenters. The second-order valence-corrected chi connectivity index (χ2v) is 9.04. The van der Waals surface area contributed by atoms with Crippen molar-refractivity contribution in [2.45, 2.75) is 26.9 Å². The average Bonchev–Trinajstić information content (AvgIpc) is 2.84. The SMILES string of the molecule is C=C/C=C(/c1cc(C)nc2c(OCc3c(Cl)cncc3OCC(=O)N(C)CCC)cccc12)N(C)C. The first-order chi connectivity index (χ1) is 17.3. The van der Waals surface area contributed by atoms with Crippen LogP contribution in [-0.2, 0) is 11.4 Å². The molecular formula is C28H33ClN4O3. The average molecular weight is 509 g/mol. The molecule has 1 aromatic carbocycles. The number of aryl methyl sites for hydroxylation is 1. The predicted molar refractivity (Wildman–Crippen MR) is 145 cm³/mol. The molecule has 0 radical (unpaired) electrons. The summed E-state index contributed by atoms with van der Waals surface area (Å²) in [4.78, 5) is 24.9. The second kappa shape index (κ2) is 12.4. The molecule has 1 amide bonds. The third-order valence-corrected chi connectivity index (χ3v) is 5.96. The number of hydrogen-bond donors (Lipinski definition) is 0. The molecule has 2 heterocycles. The van der Waals surface area contributed by atoms with Crippen LogP contribution in [0.4, 0.5) is 0 Å². The Morgan fingerprint density at radius 3 is 2.64 bits per heavy atom. The van der Waals surface area contributed by atoms with Crippen molar-refractivity contribution in [1.29, 1.82) is 0 Å². The van der Waals surface area contributed by atoms with Crippen molar-refractivity contribution in [3.05, 3.63) is 77.2 Å². The number of nitrogens with zero attached hydrogens (tertiary/aromatic N) is 4. The van der Waals surface area contributed by atoms with Gasteiger partial charge in [0.15, 0.2) is 6.61 Å². The first-order valence-electron chi connectivity index (χ1n) is 11.8. The van der Waals surface area contributed by atoms with Gasteiger partial charge in [0.1, 0.15) is 23.6 Å². The van der Waals surface area contributed by atoms with Gasteiger partial charge in [0.25, 0.3) is 5.91 Å². The fraction of sp³-hybridized carbons (Fsp3) is 0.321. The number of benzene rings is 1. The number of halogens is 1. The predicted octanol–water partition coefficient (Wildman–Crippen LogP) is 5.51. The molecule has 8 heteroatoms. The number of carbonyl (C=O) groups excluding carboxylic acids is 1. The normalized spacial score (nSPS) is 11.3. The number of amides is 1. The number of aromatic nitrogens is 2. The number of ether oxygens (including phenoxy) is 2. The molecule has 7 nitrogen and oxygen atoms in total. The second-order valence-electron chi connectivity index (χ2n) is 8.64. The number of para-hydroxylation sites is 1. The molecule has 0 aliphatic heterocycles. The zero-order chi connectivity index (χ0) is 26.2. The quantitative estimate of drug-likeness (QED) is 0.318. The van der Waals surface area contributed by atoms with Gasteiger partial charge in [-0.15, -0.1) is 0 Å². The van der Waals surface area contributed by atoms with Gasteiger partial charge in [-0.2, -0.15) is 0 Å². The van der Waals surface area contributed by atoms with E-state index < -0.39 is 0 Å². The van der Waals surface area contributed by atoms with Crippen molar-refractivity contribution in [3.8, 4) is 11.5 Å². The minimum Gasteiger partial charge on any atom is -0.486 e. The Labute approximate surface area is 218 Å². The van der Waals surface area contributed by atoms with Gasteiger partial charge in [0, 0.05) is 56.2 Å². The van der Waals surface area contributed by atoms with Gasteiger partial charge in [-0.3, -0.25) is 9.78 Å². The van der Waals surface area contributed by atoms with Crippen LogP contribution in [0.2, 0.25) is 5.02 Å². The van der Waals surface area contributed by atoms with Crippen LogP contribution in [0.3, 0.4) is 0 Å². The first-order valence-corrected chi connectivity index (χ1v) is 12.2. The Morgan fingerprint density at radius 1 is 1.17 bits per heavy atom. The van der Waals surface area contributed by atoms with E-state index >= 15 is 0 Å². The Kier molecular flexibility index (Phi) is 9.31. The van der Waals surface area contributed by atoms with Gasteiger partial charge in [0.05, 0.1) is 16.8 Å². The van der Waals surface area contributed by atoms with E-state index in [9.17, 15) is 4.79 Å². The van der Waals surface area contributed by atoms with Gasteiger partial charge in [-0.1, -0.05) is 43.3 Å². The molecule has 0 saturated heterocycles. The van der Waals surface area contributed by atoms with E-state index in [4.69, 9.17) is 26.1 Å². The molecule has 3 aromatic rings. The third-order valence-electron chi connectivity index (χ3n) is 5.64. The van der Waals surface area contributed by atoms with Gasteiger partial charge < -0.3 is 19.3 Å². The molecule has 0 unspecified atom stereocenters. The molecule has 0 spiro atoms. The highest BCUT2D eigenvalue weighted by Gasteiger charge is 2.17. The van der Waals surface area contributed by atoms with Crippen LogP contribution in [0.1, 0.15) is 30.2 Å². The summed E-state index contributed by atoms with van der Waals surface area (Å²) in [5, 5.41) is 1.36. The number of fused-ring (bicyclic) bond motifs is 1. The maximum atomic E-state index is 12.3. The highest BCUT2D eigenvalue weighted by molar-refractivity contribution is 6.31. The molecule has 0 aliphatic carbocycles. The number of hydrogen-bond acceptors (Lipinski definition) is 6. The lowest BCUT2D eigenvalue weighted by molar-refractivity contribution is -0.132. The smallest absolute Gasteiger partial charge is 0.260 e. The van der Waals surface area contributed by atoms with Crippen LogP contribution in [-0.4, -0.2) is 60.0 Å². The fourth-order valence-electron chi connectivity index (χ4n) is 3.84. The molecule has 0 bridgehead atoms. The number of carbonyl (C=O) groups is 1. The largest absolute Gasteiger partial charge is 0.486 e. The number of allylic oxidation sites excluding steroid dienone is 2. The van der Waals surface area contributed by atoms with Gasteiger partial charge >= 0.3 is 0 Å². The van der Waals surface area contributed by atoms with Crippen LogP contribution < -0.4 is 9.47 Å². The van der Waals surface area contributed by atoms with Crippen LogP contribution in [0.5, 0.6) is 11.5 Å². The summed E-state index contributed by atoms with van der Waals surface area (Å²) in [7, 11) is 5.75. The molecule has 3 rings (SSSR count). The molecular weight excluding hydrogens is 476 g/mol. The summed E-state index contributed by atoms with van der Waals surface area (Å²) in [6.07, 6.45) is 7.70. The standard InChI is InChI=1S/C28H33ClN4O3/c1-7-10-24(32(4)5)21-14-19(3)31-28-20(21)11-9-12-25(28)35-17-22-23(29)15-30-16-26(22)36-18-27(34)33(6)13-8-2/h7,9-12,14-16H,1,8,13,17-18H2,2-6H3/b24-10-. The minimum absolute atomic E-state index is 0.104. The van der Waals surface area contributed by atoms with Crippen molar-refractivity contribution in [3.63, 3.8) is 0 Å². The number of rotatable bonds is 11. The molecule has 0 aliphatic rings. The Balaban J connectivity index is 1.91. The van der Waals surface area contributed by atoms with Gasteiger partial charge in [-0.05, 0) is 31.6 Å². The summed E-state index contributed by atoms with van der Waals surface area (Å²) in [6.45, 7) is 8.52. The van der Waals surface area contributed by atoms with Gasteiger partial charge in [-0.25, -0.2) is 4.98 Å². The summed E-state index contributed by atoms with van der Waals surface area (Å²) in [5.74, 6) is 0.913. The number of likely N-dealkylation sites (N-methyl/N-ethyl adjacent to an activating group) is 1. The lowest BCUT2D eigenvalue weighted by Crippen LogP contribution is -2.32. The molecule has 0 N–H and O–H groups in total. The van der Waals surface area contributed by atoms with E-state index in [1.54, 1.807) is 24.2 Å². The summed E-state index contributed by atoms with van der Waals surface area (Å²) >= 11 is 6.45. The summed E-state index contributed by atoms with van der Waals surface area (Å²) < 4.78 is 12.0. The highest BCUT2D eigenvalue weighted by Crippen LogP contribution is 2.33. The van der Waals surface area contributed by atoms with Crippen molar-refractivity contribution in [2.75, 3.05) is 34.3 Å². The Bertz CT molecular complexity index is 1270. The van der Waals surface area contributed by atoms with Crippen LogP contribution in [0.25, 0.3) is 16.6 Å². The van der Waals surface area contributed by atoms with Crippen LogP contribution >= 0.6 is 11.6 Å². The molecule has 190 valence electrons. The minimum atomic E-state index is -0.116. The summed E-state index contributed by atoms with van der Waals surface area (Å²) in [5.41, 5.74) is 4.28. The van der Waals surface area contributed by atoms with Crippen LogP contribution in [0, 0.1) is 6.92 Å². The van der Waals surface area contributed by atoms with E-state index in [2.05, 4.69) is 17.6 Å². The van der Waals surface area contributed by atoms with Crippen molar-refractivity contribution in [2.24, 2.45) is 0 Å². The van der Waals surface area contributed by atoms with Crippen molar-refractivity contribution >= 4 is 34.1 Å². The molecule has 0 saturated carbocycles. The van der Waals surface area contributed by atoms with Crippen molar-refractivity contribution < 1.29 is 14.3 Å². The summed E-state index contributed by atoms with van der Waals surface area (Å²) in [6, 6.07) is 7.90. The zero-order valence-electron chi connectivity index (χ0n) is 21.5. The maximum Gasteiger partial charge on any atom is 0.260 e. The maximum absolute atomic E-state index is 12.3. The van der Waals surface area contributed by atoms with E-state index in [1.807, 2.05) is 57.1 Å². The molecule has 36 heavy (non-hydrogen) atoms. The lowest BCUT2D eigenvalue weighted by Gasteiger charge is -2.20. The van der Waals surface area contributed by atoms with Crippen molar-refractivity contribution in [1.82, 2.24) is 19.8 Å². The van der Waals surface area contributed by atoms with E-state index in [0.29, 0.717) is 28.6 Å². The van der Waals surface area contributed by atoms with E-state index in [0.717, 1.165) is 34.3 Å². The number of pyridine rings is 2. The Hall–Kier alpha value is -3.58. The van der Waals surface area contributed by atoms with E-state index in [1.165, 1.54) is 6.20 Å². The first kappa shape index (κ1) is 27.0. The van der Waals surface area contributed by atoms with E-state index in [-0.39, 0.29) is 19.1 Å². The highest BCUT2D eigenvalue weighted by atomic mass is 35.5. The molecule has 0 fully saturated rings. The Morgan fingerprint density at radius 2 is 1.94 bits per heavy atom. The fourth-order valence-corrected chi connectivity index (χ4v) is 4.04. The zero-order valence-corrected chi connectivity index (χ0v) is 22.3. The lowest BCUT2D eigenvalue weighted by atomic mass is 10.0.